The Kier molecular flexibility index (Phi) is 3.67. The summed E-state index contributed by atoms with van der Waals surface area (Å²) in [6.07, 6.45) is 3.66. The molecule has 2 rings (SSSR count). The molecule has 0 saturated carbocycles. The number of imidazole rings is 1. The largest absolute Gasteiger partial charge is 0.328 e. The summed E-state index contributed by atoms with van der Waals surface area (Å²) in [7, 11) is 0. The second-order valence-electron chi connectivity index (χ2n) is 4.68. The molecule has 0 aliphatic rings. The van der Waals surface area contributed by atoms with Crippen molar-refractivity contribution >= 4 is 0 Å². The fraction of sp³-hybridized carbons (Fsp3) is 0.357. The van der Waals surface area contributed by atoms with Crippen LogP contribution < -0.4 is 11.4 Å². The third-order valence-electron chi connectivity index (χ3n) is 3.11. The van der Waals surface area contributed by atoms with Crippen LogP contribution in [0.2, 0.25) is 0 Å². The maximum absolute atomic E-state index is 12.1. The zero-order chi connectivity index (χ0) is 13.1. The topological polar surface area (TPSA) is 52.9 Å². The maximum Gasteiger partial charge on any atom is 0.328 e. The molecule has 0 amide bonds. The second-order valence-corrected chi connectivity index (χ2v) is 4.68. The van der Waals surface area contributed by atoms with Gasteiger partial charge < -0.3 is 5.73 Å². The highest BCUT2D eigenvalue weighted by molar-refractivity contribution is 5.27. The van der Waals surface area contributed by atoms with Crippen LogP contribution in [0.4, 0.5) is 0 Å². The van der Waals surface area contributed by atoms with Gasteiger partial charge in [-0.3, -0.25) is 9.13 Å². The molecule has 0 atom stereocenters. The van der Waals surface area contributed by atoms with Crippen LogP contribution in [0.5, 0.6) is 0 Å². The van der Waals surface area contributed by atoms with Gasteiger partial charge in [-0.25, -0.2) is 4.79 Å². The molecule has 18 heavy (non-hydrogen) atoms. The molecule has 0 saturated heterocycles. The van der Waals surface area contributed by atoms with Crippen molar-refractivity contribution in [3.05, 3.63) is 58.3 Å². The highest BCUT2D eigenvalue weighted by Crippen LogP contribution is 2.09. The van der Waals surface area contributed by atoms with Crippen LogP contribution in [0.3, 0.4) is 0 Å². The average Bonchev–Trinajstić information content (AvgIpc) is 2.72. The third-order valence-corrected chi connectivity index (χ3v) is 3.11. The Labute approximate surface area is 107 Å². The van der Waals surface area contributed by atoms with Gasteiger partial charge in [-0.15, -0.1) is 0 Å². The summed E-state index contributed by atoms with van der Waals surface area (Å²) in [6.45, 7) is 5.07. The summed E-state index contributed by atoms with van der Waals surface area (Å²) in [5.74, 6) is 0. The minimum Gasteiger partial charge on any atom is -0.326 e. The minimum atomic E-state index is 0.0248. The van der Waals surface area contributed by atoms with Crippen molar-refractivity contribution in [3.63, 3.8) is 0 Å². The molecular formula is C14H19N3O. The maximum atomic E-state index is 12.1. The van der Waals surface area contributed by atoms with Crippen molar-refractivity contribution in [2.45, 2.75) is 33.0 Å². The van der Waals surface area contributed by atoms with E-state index < -0.39 is 0 Å². The molecule has 0 fully saturated rings. The number of hydrogen-bond acceptors (Lipinski definition) is 2. The molecule has 1 heterocycles. The molecule has 2 aromatic rings. The minimum absolute atomic E-state index is 0.0248. The van der Waals surface area contributed by atoms with E-state index in [4.69, 9.17) is 5.73 Å². The molecule has 0 aliphatic heterocycles. The first kappa shape index (κ1) is 12.6. The highest BCUT2D eigenvalue weighted by Gasteiger charge is 2.07. The summed E-state index contributed by atoms with van der Waals surface area (Å²) in [6, 6.07) is 8.14. The molecule has 1 aromatic carbocycles. The normalized spacial score (nSPS) is 11.1. The van der Waals surface area contributed by atoms with E-state index in [1.807, 2.05) is 50.5 Å². The predicted molar refractivity (Wildman–Crippen MR) is 72.5 cm³/mol. The summed E-state index contributed by atoms with van der Waals surface area (Å²) in [5.41, 5.74) is 7.91. The predicted octanol–water partition coefficient (Wildman–Crippen LogP) is 1.74. The summed E-state index contributed by atoms with van der Waals surface area (Å²) >= 11 is 0. The van der Waals surface area contributed by atoms with Gasteiger partial charge in [0.25, 0.3) is 0 Å². The molecule has 1 aromatic heterocycles. The Bertz CT molecular complexity index is 581. The number of nitrogens with zero attached hydrogens (tertiary/aromatic N) is 2. The van der Waals surface area contributed by atoms with E-state index in [9.17, 15) is 4.79 Å². The summed E-state index contributed by atoms with van der Waals surface area (Å²) < 4.78 is 3.44. The van der Waals surface area contributed by atoms with E-state index in [0.29, 0.717) is 13.1 Å². The van der Waals surface area contributed by atoms with Gasteiger partial charge in [0, 0.05) is 25.0 Å². The fourth-order valence-electron chi connectivity index (χ4n) is 2.04. The van der Waals surface area contributed by atoms with E-state index in [0.717, 1.165) is 11.1 Å². The van der Waals surface area contributed by atoms with Gasteiger partial charge >= 0.3 is 5.69 Å². The van der Waals surface area contributed by atoms with Crippen LogP contribution in [0, 0.1) is 0 Å². The molecule has 96 valence electrons. The molecule has 0 radical (unpaired) electrons. The van der Waals surface area contributed by atoms with Crippen LogP contribution in [0.15, 0.2) is 41.5 Å². The summed E-state index contributed by atoms with van der Waals surface area (Å²) in [5, 5.41) is 0. The van der Waals surface area contributed by atoms with E-state index in [1.54, 1.807) is 9.13 Å². The molecular weight excluding hydrogens is 226 g/mol. The van der Waals surface area contributed by atoms with Gasteiger partial charge in [-0.05, 0) is 25.0 Å². The molecule has 2 N–H and O–H groups in total. The lowest BCUT2D eigenvalue weighted by Crippen LogP contribution is -2.25. The zero-order valence-corrected chi connectivity index (χ0v) is 10.8. The van der Waals surface area contributed by atoms with Crippen LogP contribution in [0.1, 0.15) is 31.0 Å². The van der Waals surface area contributed by atoms with E-state index in [1.165, 1.54) is 0 Å². The van der Waals surface area contributed by atoms with Gasteiger partial charge in [0.2, 0.25) is 0 Å². The highest BCUT2D eigenvalue weighted by atomic mass is 16.1. The molecule has 0 aliphatic carbocycles. The Morgan fingerprint density at radius 2 is 1.83 bits per heavy atom. The van der Waals surface area contributed by atoms with Gasteiger partial charge in [-0.1, -0.05) is 24.3 Å². The van der Waals surface area contributed by atoms with Crippen molar-refractivity contribution in [1.82, 2.24) is 9.13 Å². The van der Waals surface area contributed by atoms with Crippen molar-refractivity contribution in [2.75, 3.05) is 0 Å². The first-order valence-electron chi connectivity index (χ1n) is 6.17. The molecule has 4 nitrogen and oxygen atoms in total. The smallest absolute Gasteiger partial charge is 0.326 e. The third kappa shape index (κ3) is 2.38. The Balaban J connectivity index is 2.32. The van der Waals surface area contributed by atoms with Crippen LogP contribution in [-0.2, 0) is 13.1 Å². The fourth-order valence-corrected chi connectivity index (χ4v) is 2.04. The van der Waals surface area contributed by atoms with Crippen molar-refractivity contribution in [2.24, 2.45) is 5.73 Å². The van der Waals surface area contributed by atoms with Crippen LogP contribution >= 0.6 is 0 Å². The van der Waals surface area contributed by atoms with Crippen molar-refractivity contribution in [1.29, 1.82) is 0 Å². The van der Waals surface area contributed by atoms with Crippen molar-refractivity contribution < 1.29 is 0 Å². The van der Waals surface area contributed by atoms with E-state index in [2.05, 4.69) is 0 Å². The monoisotopic (exact) mass is 245 g/mol. The first-order valence-corrected chi connectivity index (χ1v) is 6.17. The standard InChI is InChI=1S/C14H19N3O/c1-11(2)17-8-7-16(14(17)18)10-13-6-4-3-5-12(13)9-15/h3-8,11H,9-10,15H2,1-2H3. The number of benzene rings is 1. The van der Waals surface area contributed by atoms with Gasteiger partial charge in [0.1, 0.15) is 0 Å². The Hall–Kier alpha value is -1.81. The number of rotatable bonds is 4. The molecule has 0 bridgehead atoms. The van der Waals surface area contributed by atoms with Gasteiger partial charge in [-0.2, -0.15) is 0 Å². The number of hydrogen-bond donors (Lipinski definition) is 1. The lowest BCUT2D eigenvalue weighted by atomic mass is 10.1. The summed E-state index contributed by atoms with van der Waals surface area (Å²) in [4.78, 5) is 12.1. The van der Waals surface area contributed by atoms with Crippen LogP contribution in [0.25, 0.3) is 0 Å². The SMILES string of the molecule is CC(C)n1ccn(Cc2ccccc2CN)c1=O. The lowest BCUT2D eigenvalue weighted by Gasteiger charge is -2.08. The lowest BCUT2D eigenvalue weighted by molar-refractivity contribution is 0.560. The van der Waals surface area contributed by atoms with Gasteiger partial charge in [0.05, 0.1) is 6.54 Å². The molecule has 4 heteroatoms. The average molecular weight is 245 g/mol. The quantitative estimate of drug-likeness (QED) is 0.892. The number of nitrogens with two attached hydrogens (primary N) is 1. The van der Waals surface area contributed by atoms with E-state index >= 15 is 0 Å². The van der Waals surface area contributed by atoms with Crippen molar-refractivity contribution in [3.8, 4) is 0 Å². The zero-order valence-electron chi connectivity index (χ0n) is 10.8. The Morgan fingerprint density at radius 3 is 2.39 bits per heavy atom. The van der Waals surface area contributed by atoms with E-state index in [-0.39, 0.29) is 11.7 Å². The second kappa shape index (κ2) is 5.23. The van der Waals surface area contributed by atoms with Crippen LogP contribution in [-0.4, -0.2) is 9.13 Å². The Morgan fingerprint density at radius 1 is 1.17 bits per heavy atom. The first-order chi connectivity index (χ1) is 8.63. The molecule has 0 spiro atoms. The molecule has 0 unspecified atom stereocenters. The number of aromatic nitrogens is 2. The van der Waals surface area contributed by atoms with Gasteiger partial charge in [0.15, 0.2) is 0 Å².